The summed E-state index contributed by atoms with van der Waals surface area (Å²) in [6, 6.07) is 9.42. The van der Waals surface area contributed by atoms with Gasteiger partial charge in [0.15, 0.2) is 11.5 Å². The van der Waals surface area contributed by atoms with Crippen LogP contribution < -0.4 is 9.47 Å². The number of hydrogen-bond acceptors (Lipinski definition) is 5. The predicted octanol–water partition coefficient (Wildman–Crippen LogP) is 5.26. The number of hydrogen-bond donors (Lipinski definition) is 1. The summed E-state index contributed by atoms with van der Waals surface area (Å²) in [7, 11) is 1.44. The maximum Gasteiger partial charge on any atom is 0.336 e. The smallest absolute Gasteiger partial charge is 0.336 e. The normalized spacial score (nSPS) is 12.5. The zero-order chi connectivity index (χ0) is 22.3. The fourth-order valence-electron chi connectivity index (χ4n) is 2.47. The molecule has 0 heterocycles. The van der Waals surface area contributed by atoms with Crippen LogP contribution in [0.3, 0.4) is 0 Å². The van der Waals surface area contributed by atoms with Gasteiger partial charge in [0, 0.05) is 17.3 Å². The molecule has 0 aliphatic rings. The second kappa shape index (κ2) is 10.9. The Kier molecular flexibility index (Phi) is 8.62. The van der Waals surface area contributed by atoms with E-state index in [1.54, 1.807) is 56.3 Å². The number of carboxylic acid groups (broad SMARTS) is 1. The second-order valence-electron chi connectivity index (χ2n) is 6.65. The lowest BCUT2D eigenvalue weighted by molar-refractivity contribution is -0.139. The molecule has 6 nitrogen and oxygen atoms in total. The van der Waals surface area contributed by atoms with Gasteiger partial charge in [-0.3, -0.25) is 4.99 Å². The third kappa shape index (κ3) is 6.71. The van der Waals surface area contributed by atoms with Crippen molar-refractivity contribution in [3.8, 4) is 11.5 Å². The van der Waals surface area contributed by atoms with Crippen molar-refractivity contribution >= 4 is 51.8 Å². The molecule has 1 atom stereocenters. The highest BCUT2D eigenvalue weighted by atomic mass is 79.9. The van der Waals surface area contributed by atoms with Crippen molar-refractivity contribution in [3.05, 3.63) is 63.1 Å². The number of carboxylic acids is 1. The molecular formula is C22H21BrClNO5. The number of aliphatic imine (C=N–C) groups is 1. The second-order valence-corrected chi connectivity index (χ2v) is 7.94. The Morgan fingerprint density at radius 3 is 2.40 bits per heavy atom. The van der Waals surface area contributed by atoms with Crippen LogP contribution in [0.2, 0.25) is 5.02 Å². The van der Waals surface area contributed by atoms with E-state index in [1.807, 2.05) is 0 Å². The molecule has 0 radical (unpaired) electrons. The van der Waals surface area contributed by atoms with Crippen LogP contribution in [-0.4, -0.2) is 36.4 Å². The first-order chi connectivity index (χ1) is 14.2. The Balaban J connectivity index is 2.19. The minimum atomic E-state index is -0.995. The van der Waals surface area contributed by atoms with Crippen LogP contribution in [0.15, 0.2) is 51.9 Å². The predicted molar refractivity (Wildman–Crippen MR) is 121 cm³/mol. The van der Waals surface area contributed by atoms with Crippen molar-refractivity contribution in [1.29, 1.82) is 0 Å². The first-order valence-corrected chi connectivity index (χ1v) is 10.2. The third-order valence-corrected chi connectivity index (χ3v) is 4.85. The SMILES string of the molecule is COc1cc(/C=N/C(C(=O)O)C(C)C)cc(Br)c1OC(=O)/C=C/c1ccc(Cl)cc1. The molecule has 0 aliphatic carbocycles. The number of ether oxygens (including phenoxy) is 2. The number of esters is 1. The van der Waals surface area contributed by atoms with Crippen LogP contribution in [0.25, 0.3) is 6.08 Å². The number of aliphatic carboxylic acids is 1. The summed E-state index contributed by atoms with van der Waals surface area (Å²) >= 11 is 9.20. The Labute approximate surface area is 188 Å². The largest absolute Gasteiger partial charge is 0.493 e. The number of carbonyl (C=O) groups excluding carboxylic acids is 1. The monoisotopic (exact) mass is 493 g/mol. The molecular weight excluding hydrogens is 474 g/mol. The molecule has 2 aromatic carbocycles. The highest BCUT2D eigenvalue weighted by Gasteiger charge is 2.20. The zero-order valence-corrected chi connectivity index (χ0v) is 19.0. The molecule has 0 aliphatic heterocycles. The molecule has 1 unspecified atom stereocenters. The minimum Gasteiger partial charge on any atom is -0.493 e. The summed E-state index contributed by atoms with van der Waals surface area (Å²) in [5.41, 5.74) is 1.40. The van der Waals surface area contributed by atoms with Gasteiger partial charge < -0.3 is 14.6 Å². The first kappa shape index (κ1) is 23.6. The highest BCUT2D eigenvalue weighted by molar-refractivity contribution is 9.10. The van der Waals surface area contributed by atoms with Gasteiger partial charge in [-0.05, 0) is 63.3 Å². The molecule has 0 bridgehead atoms. The van der Waals surface area contributed by atoms with Crippen LogP contribution in [0.5, 0.6) is 11.5 Å². The lowest BCUT2D eigenvalue weighted by Gasteiger charge is -2.12. The van der Waals surface area contributed by atoms with E-state index in [0.717, 1.165) is 5.56 Å². The number of rotatable bonds is 8. The summed E-state index contributed by atoms with van der Waals surface area (Å²) in [5.74, 6) is -1.23. The van der Waals surface area contributed by atoms with Gasteiger partial charge in [0.2, 0.25) is 0 Å². The lowest BCUT2D eigenvalue weighted by Crippen LogP contribution is -2.24. The molecule has 0 amide bonds. The lowest BCUT2D eigenvalue weighted by atomic mass is 10.1. The fourth-order valence-corrected chi connectivity index (χ4v) is 3.14. The van der Waals surface area contributed by atoms with Gasteiger partial charge in [0.1, 0.15) is 6.04 Å². The van der Waals surface area contributed by atoms with Crippen molar-refractivity contribution in [1.82, 2.24) is 0 Å². The molecule has 0 aromatic heterocycles. The van der Waals surface area contributed by atoms with E-state index in [2.05, 4.69) is 20.9 Å². The molecule has 0 fully saturated rings. The molecule has 158 valence electrons. The maximum absolute atomic E-state index is 12.2. The van der Waals surface area contributed by atoms with Crippen molar-refractivity contribution in [2.45, 2.75) is 19.9 Å². The number of nitrogens with zero attached hydrogens (tertiary/aromatic N) is 1. The summed E-state index contributed by atoms with van der Waals surface area (Å²) in [5, 5.41) is 9.86. The average molecular weight is 495 g/mol. The van der Waals surface area contributed by atoms with Crippen LogP contribution >= 0.6 is 27.5 Å². The summed E-state index contributed by atoms with van der Waals surface area (Å²) in [4.78, 5) is 27.7. The van der Waals surface area contributed by atoms with Crippen molar-refractivity contribution in [2.24, 2.45) is 10.9 Å². The van der Waals surface area contributed by atoms with Gasteiger partial charge in [-0.1, -0.05) is 37.6 Å². The zero-order valence-electron chi connectivity index (χ0n) is 16.6. The van der Waals surface area contributed by atoms with Crippen LogP contribution in [0, 0.1) is 5.92 Å². The van der Waals surface area contributed by atoms with Gasteiger partial charge in [-0.15, -0.1) is 0 Å². The van der Waals surface area contributed by atoms with Crippen molar-refractivity contribution in [3.63, 3.8) is 0 Å². The Morgan fingerprint density at radius 1 is 1.17 bits per heavy atom. The molecule has 0 saturated carbocycles. The quantitative estimate of drug-likeness (QED) is 0.234. The van der Waals surface area contributed by atoms with Gasteiger partial charge in [-0.2, -0.15) is 0 Å². The van der Waals surface area contributed by atoms with E-state index in [9.17, 15) is 14.7 Å². The summed E-state index contributed by atoms with van der Waals surface area (Å²) in [6.45, 7) is 3.57. The average Bonchev–Trinajstić information content (AvgIpc) is 2.68. The topological polar surface area (TPSA) is 85.2 Å². The Morgan fingerprint density at radius 2 is 1.83 bits per heavy atom. The molecule has 0 spiro atoms. The van der Waals surface area contributed by atoms with E-state index in [4.69, 9.17) is 21.1 Å². The number of benzene rings is 2. The van der Waals surface area contributed by atoms with E-state index in [1.165, 1.54) is 19.4 Å². The highest BCUT2D eigenvalue weighted by Crippen LogP contribution is 2.36. The third-order valence-electron chi connectivity index (χ3n) is 4.00. The van der Waals surface area contributed by atoms with E-state index < -0.39 is 18.0 Å². The van der Waals surface area contributed by atoms with E-state index >= 15 is 0 Å². The Hall–Kier alpha value is -2.64. The van der Waals surface area contributed by atoms with Gasteiger partial charge in [0.05, 0.1) is 11.6 Å². The first-order valence-electron chi connectivity index (χ1n) is 9.00. The van der Waals surface area contributed by atoms with E-state index in [-0.39, 0.29) is 11.7 Å². The molecule has 30 heavy (non-hydrogen) atoms. The summed E-state index contributed by atoms with van der Waals surface area (Å²) < 4.78 is 11.2. The molecule has 0 saturated heterocycles. The van der Waals surface area contributed by atoms with E-state index in [0.29, 0.717) is 20.8 Å². The van der Waals surface area contributed by atoms with Crippen LogP contribution in [0.1, 0.15) is 25.0 Å². The maximum atomic E-state index is 12.2. The van der Waals surface area contributed by atoms with Gasteiger partial charge in [-0.25, -0.2) is 9.59 Å². The minimum absolute atomic E-state index is 0.156. The number of carbonyl (C=O) groups is 2. The summed E-state index contributed by atoms with van der Waals surface area (Å²) in [6.07, 6.45) is 4.36. The van der Waals surface area contributed by atoms with Crippen LogP contribution in [0.4, 0.5) is 0 Å². The van der Waals surface area contributed by atoms with Crippen molar-refractivity contribution in [2.75, 3.05) is 7.11 Å². The standard InChI is InChI=1S/C22H21BrClNO5/c1-13(2)20(22(27)28)25-12-15-10-17(23)21(18(11-15)29-3)30-19(26)9-6-14-4-7-16(24)8-5-14/h4-13,20H,1-3H3,(H,27,28)/b9-6+,25-12+. The Bertz CT molecular complexity index is 970. The fraction of sp³-hybridized carbons (Fsp3) is 0.227. The number of halogens is 2. The van der Waals surface area contributed by atoms with Crippen LogP contribution in [-0.2, 0) is 9.59 Å². The molecule has 2 rings (SSSR count). The van der Waals surface area contributed by atoms with Gasteiger partial charge in [0.25, 0.3) is 0 Å². The molecule has 8 heteroatoms. The molecule has 2 aromatic rings. The van der Waals surface area contributed by atoms with Crippen molar-refractivity contribution < 1.29 is 24.2 Å². The molecule has 1 N–H and O–H groups in total. The number of methoxy groups -OCH3 is 1. The van der Waals surface area contributed by atoms with Gasteiger partial charge >= 0.3 is 11.9 Å².